The number of hydrogen-bond donors (Lipinski definition) is 1. The van der Waals surface area contributed by atoms with Gasteiger partial charge in [-0.15, -0.1) is 0 Å². The van der Waals surface area contributed by atoms with Crippen molar-refractivity contribution in [3.63, 3.8) is 0 Å². The molecule has 2 aliphatic carbocycles. The highest BCUT2D eigenvalue weighted by atomic mass is 16.6. The average molecular weight is 433 g/mol. The summed E-state index contributed by atoms with van der Waals surface area (Å²) < 4.78 is 0. The molecule has 8 heteroatoms. The molecule has 2 bridgehead atoms. The van der Waals surface area contributed by atoms with Crippen LogP contribution in [0.15, 0.2) is 54.6 Å². The number of likely N-dealkylation sites (tertiary alicyclic amines) is 1. The maximum Gasteiger partial charge on any atom is 0.269 e. The van der Waals surface area contributed by atoms with Gasteiger partial charge in [0.2, 0.25) is 17.7 Å². The number of carbonyl (C=O) groups is 3. The second-order valence-corrected chi connectivity index (χ2v) is 8.93. The second-order valence-electron chi connectivity index (χ2n) is 8.93. The van der Waals surface area contributed by atoms with E-state index in [4.69, 9.17) is 0 Å². The van der Waals surface area contributed by atoms with Crippen LogP contribution in [0.2, 0.25) is 0 Å². The third-order valence-corrected chi connectivity index (χ3v) is 7.19. The van der Waals surface area contributed by atoms with Gasteiger partial charge < -0.3 is 5.32 Å². The van der Waals surface area contributed by atoms with Gasteiger partial charge in [-0.2, -0.15) is 0 Å². The van der Waals surface area contributed by atoms with Gasteiger partial charge in [0, 0.05) is 24.2 Å². The first-order valence-electron chi connectivity index (χ1n) is 10.9. The molecule has 5 rings (SSSR count). The molecule has 0 unspecified atom stereocenters. The fourth-order valence-corrected chi connectivity index (χ4v) is 5.77. The molecule has 0 aromatic heterocycles. The molecule has 2 saturated carbocycles. The smallest absolute Gasteiger partial charge is 0.269 e. The normalized spacial score (nSPS) is 26.8. The Hall–Kier alpha value is -3.55. The molecule has 3 fully saturated rings. The zero-order valence-corrected chi connectivity index (χ0v) is 17.3. The van der Waals surface area contributed by atoms with Gasteiger partial charge >= 0.3 is 0 Å². The number of nitrogens with one attached hydrogen (secondary N) is 1. The quantitative estimate of drug-likeness (QED) is 0.427. The lowest BCUT2D eigenvalue weighted by Crippen LogP contribution is -2.49. The van der Waals surface area contributed by atoms with Crippen molar-refractivity contribution in [1.29, 1.82) is 0 Å². The Balaban J connectivity index is 1.43. The SMILES string of the molecule is O=C(Nc1ccc([N+](=O)[O-])cc1)[C@H](Cc1ccccc1)N1C(=O)[C@@H]2[C@H]3CC[C@@H](C3)[C@H]2C1=O. The minimum absolute atomic E-state index is 0.0861. The van der Waals surface area contributed by atoms with E-state index < -0.39 is 16.9 Å². The molecule has 1 N–H and O–H groups in total. The van der Waals surface area contributed by atoms with E-state index in [2.05, 4.69) is 5.32 Å². The molecule has 3 amide bonds. The third kappa shape index (κ3) is 3.36. The number of anilines is 1. The van der Waals surface area contributed by atoms with Crippen molar-refractivity contribution in [3.05, 3.63) is 70.3 Å². The highest BCUT2D eigenvalue weighted by Gasteiger charge is 2.62. The van der Waals surface area contributed by atoms with Gasteiger partial charge in [0.15, 0.2) is 0 Å². The van der Waals surface area contributed by atoms with Crippen LogP contribution in [-0.4, -0.2) is 33.6 Å². The molecule has 164 valence electrons. The van der Waals surface area contributed by atoms with Crippen LogP contribution < -0.4 is 5.32 Å². The Kier molecular flexibility index (Phi) is 5.00. The van der Waals surface area contributed by atoms with E-state index in [-0.39, 0.29) is 47.6 Å². The van der Waals surface area contributed by atoms with E-state index in [0.29, 0.717) is 5.69 Å². The average Bonchev–Trinajstić information content (AvgIpc) is 3.47. The van der Waals surface area contributed by atoms with E-state index in [1.54, 1.807) is 0 Å². The van der Waals surface area contributed by atoms with Crippen LogP contribution in [-0.2, 0) is 20.8 Å². The van der Waals surface area contributed by atoms with Gasteiger partial charge in [-0.05, 0) is 48.8 Å². The van der Waals surface area contributed by atoms with Gasteiger partial charge in [0.1, 0.15) is 6.04 Å². The van der Waals surface area contributed by atoms with Crippen LogP contribution in [0.1, 0.15) is 24.8 Å². The number of nitro benzene ring substituents is 1. The summed E-state index contributed by atoms with van der Waals surface area (Å²) in [6.07, 6.45) is 3.08. The second kappa shape index (κ2) is 7.85. The molecule has 0 spiro atoms. The van der Waals surface area contributed by atoms with Crippen molar-refractivity contribution < 1.29 is 19.3 Å². The number of nitro groups is 1. The number of non-ortho nitro benzene ring substituents is 1. The first-order chi connectivity index (χ1) is 15.4. The summed E-state index contributed by atoms with van der Waals surface area (Å²) in [4.78, 5) is 51.6. The molecule has 0 radical (unpaired) electrons. The molecule has 1 saturated heterocycles. The maximum atomic E-state index is 13.3. The molecule has 1 aliphatic heterocycles. The van der Waals surface area contributed by atoms with Crippen LogP contribution in [0.3, 0.4) is 0 Å². The number of hydrogen-bond acceptors (Lipinski definition) is 5. The zero-order valence-electron chi connectivity index (χ0n) is 17.3. The fourth-order valence-electron chi connectivity index (χ4n) is 5.77. The first-order valence-corrected chi connectivity index (χ1v) is 10.9. The molecule has 3 aliphatic rings. The van der Waals surface area contributed by atoms with E-state index in [1.165, 1.54) is 29.2 Å². The number of nitrogens with zero attached hydrogens (tertiary/aromatic N) is 2. The summed E-state index contributed by atoms with van der Waals surface area (Å²) in [6.45, 7) is 0. The van der Waals surface area contributed by atoms with Crippen molar-refractivity contribution in [3.8, 4) is 0 Å². The van der Waals surface area contributed by atoms with Gasteiger partial charge in [-0.1, -0.05) is 30.3 Å². The van der Waals surface area contributed by atoms with Crippen molar-refractivity contribution in [2.24, 2.45) is 23.7 Å². The summed E-state index contributed by atoms with van der Waals surface area (Å²) in [7, 11) is 0. The van der Waals surface area contributed by atoms with Gasteiger partial charge in [0.25, 0.3) is 5.69 Å². The van der Waals surface area contributed by atoms with Crippen molar-refractivity contribution in [2.75, 3.05) is 5.32 Å². The molecule has 2 aromatic rings. The number of imide groups is 1. The molecule has 1 heterocycles. The van der Waals surface area contributed by atoms with Gasteiger partial charge in [0.05, 0.1) is 16.8 Å². The zero-order chi connectivity index (χ0) is 22.4. The minimum atomic E-state index is -0.974. The maximum absolute atomic E-state index is 13.3. The molecular formula is C24H23N3O5. The van der Waals surface area contributed by atoms with Crippen LogP contribution in [0.4, 0.5) is 11.4 Å². The van der Waals surface area contributed by atoms with Crippen LogP contribution in [0.25, 0.3) is 0 Å². The van der Waals surface area contributed by atoms with Crippen LogP contribution in [0, 0.1) is 33.8 Å². The number of rotatable bonds is 6. The Bertz CT molecular complexity index is 1060. The topological polar surface area (TPSA) is 110 Å². The molecular weight excluding hydrogens is 410 g/mol. The Morgan fingerprint density at radius 3 is 2.16 bits per heavy atom. The first kappa shape index (κ1) is 20.4. The predicted octanol–water partition coefficient (Wildman–Crippen LogP) is 3.18. The highest BCUT2D eigenvalue weighted by molar-refractivity contribution is 6.10. The van der Waals surface area contributed by atoms with Crippen molar-refractivity contribution in [1.82, 2.24) is 4.90 Å². The monoisotopic (exact) mass is 433 g/mol. The molecule has 2 aromatic carbocycles. The molecule has 8 nitrogen and oxygen atoms in total. The summed E-state index contributed by atoms with van der Waals surface area (Å²) in [5.41, 5.74) is 1.13. The molecule has 32 heavy (non-hydrogen) atoms. The van der Waals surface area contributed by atoms with Crippen LogP contribution in [0.5, 0.6) is 0 Å². The minimum Gasteiger partial charge on any atom is -0.324 e. The number of carbonyl (C=O) groups excluding carboxylic acids is 3. The highest BCUT2D eigenvalue weighted by Crippen LogP contribution is 2.56. The lowest BCUT2D eigenvalue weighted by molar-refractivity contribution is -0.384. The van der Waals surface area contributed by atoms with Gasteiger partial charge in [-0.3, -0.25) is 29.4 Å². The molecule has 5 atom stereocenters. The summed E-state index contributed by atoms with van der Waals surface area (Å²) in [5.74, 6) is -1.06. The van der Waals surface area contributed by atoms with E-state index in [0.717, 1.165) is 24.8 Å². The largest absolute Gasteiger partial charge is 0.324 e. The Morgan fingerprint density at radius 1 is 1.00 bits per heavy atom. The summed E-state index contributed by atoms with van der Waals surface area (Å²) in [6, 6.07) is 13.8. The number of benzene rings is 2. The van der Waals surface area contributed by atoms with Crippen molar-refractivity contribution >= 4 is 29.1 Å². The third-order valence-electron chi connectivity index (χ3n) is 7.19. The predicted molar refractivity (Wildman–Crippen MR) is 115 cm³/mol. The lowest BCUT2D eigenvalue weighted by atomic mass is 9.81. The van der Waals surface area contributed by atoms with E-state index in [9.17, 15) is 24.5 Å². The van der Waals surface area contributed by atoms with E-state index >= 15 is 0 Å². The standard InChI is InChI=1S/C24H23N3O5/c28-22(25-17-8-10-18(11-9-17)27(31)32)19(12-14-4-2-1-3-5-14)26-23(29)20-15-6-7-16(13-15)21(20)24(26)30/h1-5,8-11,15-16,19-21H,6-7,12-13H2,(H,25,28)/t15-,16-,19-,20+,21+/m0/s1. The summed E-state index contributed by atoms with van der Waals surface area (Å²) >= 11 is 0. The summed E-state index contributed by atoms with van der Waals surface area (Å²) in [5, 5.41) is 13.6. The lowest BCUT2D eigenvalue weighted by Gasteiger charge is -2.27. The van der Waals surface area contributed by atoms with Crippen molar-refractivity contribution in [2.45, 2.75) is 31.7 Å². The number of fused-ring (bicyclic) bond motifs is 5. The number of amides is 3. The van der Waals surface area contributed by atoms with E-state index in [1.807, 2.05) is 30.3 Å². The fraction of sp³-hybridized carbons (Fsp3) is 0.375. The Labute approximate surface area is 184 Å². The van der Waals surface area contributed by atoms with Gasteiger partial charge in [-0.25, -0.2) is 0 Å². The Morgan fingerprint density at radius 2 is 1.59 bits per heavy atom. The van der Waals surface area contributed by atoms with Crippen LogP contribution >= 0.6 is 0 Å².